The largest absolute Gasteiger partial charge is 0.310 e. The van der Waals surface area contributed by atoms with E-state index in [1.807, 2.05) is 54.6 Å². The number of hydrogen-bond acceptors (Lipinski definition) is 3. The van der Waals surface area contributed by atoms with Crippen LogP contribution in [0.3, 0.4) is 0 Å². The van der Waals surface area contributed by atoms with Gasteiger partial charge in [-0.05, 0) is 116 Å². The van der Waals surface area contributed by atoms with E-state index >= 15 is 0 Å². The summed E-state index contributed by atoms with van der Waals surface area (Å²) in [7, 11) is 0. The van der Waals surface area contributed by atoms with E-state index in [0.717, 1.165) is 61.6 Å². The van der Waals surface area contributed by atoms with Gasteiger partial charge in [-0.2, -0.15) is 0 Å². The van der Waals surface area contributed by atoms with E-state index in [1.54, 1.807) is 12.1 Å². The Labute approximate surface area is 285 Å². The van der Waals surface area contributed by atoms with Gasteiger partial charge in [0.05, 0.1) is 0 Å². The van der Waals surface area contributed by atoms with Gasteiger partial charge in [0, 0.05) is 28.2 Å². The number of aldehydes is 1. The van der Waals surface area contributed by atoms with E-state index in [-0.39, 0.29) is 5.78 Å². The van der Waals surface area contributed by atoms with Crippen LogP contribution in [0.1, 0.15) is 26.3 Å². The predicted molar refractivity (Wildman–Crippen MR) is 204 cm³/mol. The van der Waals surface area contributed by atoms with Crippen LogP contribution in [0, 0.1) is 0 Å². The van der Waals surface area contributed by atoms with Crippen LogP contribution in [-0.2, 0) is 0 Å². The summed E-state index contributed by atoms with van der Waals surface area (Å²) in [4.78, 5) is 27.8. The number of allylic oxidation sites excluding steroid dienone is 1. The molecule has 3 heteroatoms. The molecule has 0 aliphatic carbocycles. The molecule has 0 bridgehead atoms. The highest BCUT2D eigenvalue weighted by molar-refractivity contribution is 6.13. The zero-order valence-corrected chi connectivity index (χ0v) is 26.7. The van der Waals surface area contributed by atoms with Gasteiger partial charge in [-0.1, -0.05) is 115 Å². The van der Waals surface area contributed by atoms with Crippen LogP contribution in [0.25, 0.3) is 49.5 Å². The van der Waals surface area contributed by atoms with Gasteiger partial charge >= 0.3 is 0 Å². The molecule has 232 valence electrons. The quantitative estimate of drug-likeness (QED) is 0.0953. The number of ketones is 1. The van der Waals surface area contributed by atoms with Gasteiger partial charge in [-0.15, -0.1) is 0 Å². The Morgan fingerprint density at radius 2 is 1.04 bits per heavy atom. The Morgan fingerprint density at radius 1 is 0.449 bits per heavy atom. The minimum absolute atomic E-state index is 0.210. The average molecular weight is 630 g/mol. The molecule has 0 saturated carbocycles. The molecule has 49 heavy (non-hydrogen) atoms. The van der Waals surface area contributed by atoms with Crippen LogP contribution in [-0.4, -0.2) is 12.1 Å². The molecule has 8 aromatic rings. The fraction of sp³-hybridized carbons (Fsp3) is 0. The first-order valence-corrected chi connectivity index (χ1v) is 16.3. The monoisotopic (exact) mass is 629 g/mol. The second kappa shape index (κ2) is 12.9. The van der Waals surface area contributed by atoms with E-state index in [1.165, 1.54) is 10.8 Å². The number of carbonyl (C=O) groups is 2. The number of hydrogen-bond donors (Lipinski definition) is 0. The van der Waals surface area contributed by atoms with Gasteiger partial charge in [0.25, 0.3) is 0 Å². The summed E-state index contributed by atoms with van der Waals surface area (Å²) in [5.74, 6) is -0.210. The molecule has 0 aliphatic heterocycles. The summed E-state index contributed by atoms with van der Waals surface area (Å²) in [6, 6.07) is 57.9. The number of benzene rings is 8. The molecule has 0 amide bonds. The fourth-order valence-corrected chi connectivity index (χ4v) is 6.53. The van der Waals surface area contributed by atoms with E-state index in [0.29, 0.717) is 11.1 Å². The van der Waals surface area contributed by atoms with Crippen molar-refractivity contribution in [3.8, 4) is 11.1 Å². The first kappa shape index (κ1) is 29.8. The van der Waals surface area contributed by atoms with Crippen molar-refractivity contribution in [2.75, 3.05) is 4.90 Å². The lowest BCUT2D eigenvalue weighted by molar-refractivity contribution is 0.103. The molecular weight excluding hydrogens is 599 g/mol. The summed E-state index contributed by atoms with van der Waals surface area (Å²) in [5.41, 5.74) is 7.06. The third kappa shape index (κ3) is 6.02. The van der Waals surface area contributed by atoms with E-state index in [9.17, 15) is 9.59 Å². The third-order valence-electron chi connectivity index (χ3n) is 9.05. The highest BCUT2D eigenvalue weighted by Gasteiger charge is 2.14. The van der Waals surface area contributed by atoms with Crippen LogP contribution in [0.4, 0.5) is 17.1 Å². The van der Waals surface area contributed by atoms with E-state index in [2.05, 4.69) is 120 Å². The number of rotatable bonds is 8. The fourth-order valence-electron chi connectivity index (χ4n) is 6.53. The Balaban J connectivity index is 1.10. The Hall–Kier alpha value is -6.58. The van der Waals surface area contributed by atoms with Crippen LogP contribution < -0.4 is 4.90 Å². The minimum atomic E-state index is -0.210. The number of fused-ring (bicyclic) bond motifs is 3. The molecule has 0 radical (unpaired) electrons. The van der Waals surface area contributed by atoms with Crippen molar-refractivity contribution in [1.82, 2.24) is 0 Å². The first-order chi connectivity index (χ1) is 24.1. The van der Waals surface area contributed by atoms with Crippen molar-refractivity contribution in [1.29, 1.82) is 0 Å². The Bertz CT molecular complexity index is 2530. The molecule has 0 aliphatic rings. The van der Waals surface area contributed by atoms with Gasteiger partial charge in [0.15, 0.2) is 12.1 Å². The molecule has 0 unspecified atom stereocenters. The lowest BCUT2D eigenvalue weighted by atomic mass is 9.95. The maximum absolute atomic E-state index is 13.5. The van der Waals surface area contributed by atoms with Crippen LogP contribution in [0.2, 0.25) is 0 Å². The zero-order chi connectivity index (χ0) is 33.2. The Kier molecular flexibility index (Phi) is 7.85. The summed E-state index contributed by atoms with van der Waals surface area (Å²) in [5, 5.41) is 6.39. The molecule has 0 heterocycles. The number of carbonyl (C=O) groups excluding carboxylic acids is 2. The Morgan fingerprint density at radius 3 is 1.80 bits per heavy atom. The smallest absolute Gasteiger partial charge is 0.186 e. The van der Waals surface area contributed by atoms with Crippen LogP contribution in [0.15, 0.2) is 176 Å². The SMILES string of the molecule is O=Cc1cc2ccc(-c3ccccc3)cc2cc1C(=O)C=Cc1ccc2cc(N(c3ccccc3)c3ccc4ccccc4c3)ccc2c1. The number of anilines is 3. The van der Waals surface area contributed by atoms with Crippen LogP contribution in [0.5, 0.6) is 0 Å². The first-order valence-electron chi connectivity index (χ1n) is 16.3. The second-order valence-corrected chi connectivity index (χ2v) is 12.2. The highest BCUT2D eigenvalue weighted by atomic mass is 16.1. The standard InChI is InChI=1S/C46H31NO2/c48-31-41-27-38-19-18-37(33-9-3-1-4-10-33)26-40(38)30-45(41)46(49)24-16-32-15-17-39-29-44(23-21-36(39)25-32)47(42-13-5-2-6-14-42)43-22-20-34-11-7-8-12-35(34)28-43/h1-31H. The highest BCUT2D eigenvalue weighted by Crippen LogP contribution is 2.37. The van der Waals surface area contributed by atoms with E-state index < -0.39 is 0 Å². The number of nitrogens with zero attached hydrogens (tertiary/aromatic N) is 1. The molecule has 0 atom stereocenters. The van der Waals surface area contributed by atoms with E-state index in [4.69, 9.17) is 0 Å². The molecule has 8 aromatic carbocycles. The van der Waals surface area contributed by atoms with Crippen molar-refractivity contribution in [3.05, 3.63) is 193 Å². The molecule has 0 fully saturated rings. The average Bonchev–Trinajstić information content (AvgIpc) is 3.17. The summed E-state index contributed by atoms with van der Waals surface area (Å²) < 4.78 is 0. The molecule has 0 N–H and O–H groups in total. The van der Waals surface area contributed by atoms with Crippen molar-refractivity contribution < 1.29 is 9.59 Å². The van der Waals surface area contributed by atoms with Crippen LogP contribution >= 0.6 is 0 Å². The summed E-state index contributed by atoms with van der Waals surface area (Å²) in [6.07, 6.45) is 4.14. The van der Waals surface area contributed by atoms with Crippen molar-refractivity contribution in [2.45, 2.75) is 0 Å². The predicted octanol–water partition coefficient (Wildman–Crippen LogP) is 12.0. The molecule has 0 spiro atoms. The lowest BCUT2D eigenvalue weighted by Gasteiger charge is -2.26. The van der Waals surface area contributed by atoms with Crippen molar-refractivity contribution in [3.63, 3.8) is 0 Å². The topological polar surface area (TPSA) is 37.4 Å². The molecule has 8 rings (SSSR count). The normalized spacial score (nSPS) is 11.3. The second-order valence-electron chi connectivity index (χ2n) is 12.2. The molecular formula is C46H31NO2. The minimum Gasteiger partial charge on any atom is -0.310 e. The number of para-hydroxylation sites is 1. The molecule has 0 saturated heterocycles. The maximum atomic E-state index is 13.5. The molecule has 0 aromatic heterocycles. The lowest BCUT2D eigenvalue weighted by Crippen LogP contribution is -2.09. The zero-order valence-electron chi connectivity index (χ0n) is 26.7. The third-order valence-corrected chi connectivity index (χ3v) is 9.05. The van der Waals surface area contributed by atoms with Crippen molar-refractivity contribution >= 4 is 67.5 Å². The summed E-state index contributed by atoms with van der Waals surface area (Å²) in [6.45, 7) is 0. The van der Waals surface area contributed by atoms with Gasteiger partial charge in [0.1, 0.15) is 0 Å². The van der Waals surface area contributed by atoms with Gasteiger partial charge < -0.3 is 4.90 Å². The van der Waals surface area contributed by atoms with Gasteiger partial charge in [-0.25, -0.2) is 0 Å². The molecule has 3 nitrogen and oxygen atoms in total. The summed E-state index contributed by atoms with van der Waals surface area (Å²) >= 11 is 0. The van der Waals surface area contributed by atoms with Gasteiger partial charge in [0.2, 0.25) is 0 Å². The van der Waals surface area contributed by atoms with Gasteiger partial charge in [-0.3, -0.25) is 9.59 Å². The maximum Gasteiger partial charge on any atom is 0.186 e. The van der Waals surface area contributed by atoms with Crippen molar-refractivity contribution in [2.24, 2.45) is 0 Å².